The van der Waals surface area contributed by atoms with Crippen LogP contribution in [0.5, 0.6) is 0 Å². The Bertz CT molecular complexity index is 562. The molecule has 4 heteroatoms. The van der Waals surface area contributed by atoms with E-state index in [4.69, 9.17) is 0 Å². The van der Waals surface area contributed by atoms with Crippen LogP contribution in [-0.4, -0.2) is 42.6 Å². The van der Waals surface area contributed by atoms with Gasteiger partial charge in [0.15, 0.2) is 0 Å². The van der Waals surface area contributed by atoms with Crippen molar-refractivity contribution in [1.82, 2.24) is 14.8 Å². The number of carbonyl (C=O) groups excluding carboxylic acids is 1. The summed E-state index contributed by atoms with van der Waals surface area (Å²) >= 11 is 0. The molecule has 1 heterocycles. The molecule has 112 valence electrons. The lowest BCUT2D eigenvalue weighted by Crippen LogP contribution is -2.31. The first-order chi connectivity index (χ1) is 10.2. The van der Waals surface area contributed by atoms with Gasteiger partial charge in [-0.05, 0) is 37.7 Å². The number of hydrogen-bond acceptors (Lipinski definition) is 2. The zero-order valence-electron chi connectivity index (χ0n) is 12.7. The minimum absolute atomic E-state index is 0.0760. The van der Waals surface area contributed by atoms with E-state index in [0.29, 0.717) is 0 Å². The summed E-state index contributed by atoms with van der Waals surface area (Å²) in [7, 11) is 3.78. The van der Waals surface area contributed by atoms with Crippen LogP contribution in [0.4, 0.5) is 0 Å². The fourth-order valence-electron chi connectivity index (χ4n) is 2.32. The van der Waals surface area contributed by atoms with Crippen LogP contribution in [0.15, 0.2) is 48.7 Å². The number of nitrogens with one attached hydrogen (secondary N) is 1. The molecule has 0 aliphatic carbocycles. The Labute approximate surface area is 126 Å². The molecule has 0 bridgehead atoms. The van der Waals surface area contributed by atoms with Gasteiger partial charge in [0.25, 0.3) is 5.91 Å². The van der Waals surface area contributed by atoms with E-state index in [2.05, 4.69) is 17.4 Å². The maximum atomic E-state index is 12.5. The van der Waals surface area contributed by atoms with Gasteiger partial charge in [0.05, 0.1) is 0 Å². The predicted octanol–water partition coefficient (Wildman–Crippen LogP) is 2.22. The first kappa shape index (κ1) is 15.3. The standard InChI is InChI=1S/C17H23N3O/c1-18-11-7-12-19(2)17(21)16-10-6-13-20(16)14-15-8-4-3-5-9-15/h3-6,8-10,13,18H,7,11-12,14H2,1-2H3. The summed E-state index contributed by atoms with van der Waals surface area (Å²) < 4.78 is 2.01. The number of aromatic nitrogens is 1. The van der Waals surface area contributed by atoms with Gasteiger partial charge in [-0.15, -0.1) is 0 Å². The Hall–Kier alpha value is -2.07. The molecule has 0 saturated heterocycles. The van der Waals surface area contributed by atoms with Crippen molar-refractivity contribution in [2.45, 2.75) is 13.0 Å². The molecule has 0 atom stereocenters. The van der Waals surface area contributed by atoms with Crippen LogP contribution in [0.25, 0.3) is 0 Å². The van der Waals surface area contributed by atoms with E-state index in [0.717, 1.165) is 31.7 Å². The summed E-state index contributed by atoms with van der Waals surface area (Å²) in [6.45, 7) is 2.40. The van der Waals surface area contributed by atoms with E-state index in [-0.39, 0.29) is 5.91 Å². The average Bonchev–Trinajstić information content (AvgIpc) is 2.95. The predicted molar refractivity (Wildman–Crippen MR) is 85.5 cm³/mol. The van der Waals surface area contributed by atoms with Crippen molar-refractivity contribution < 1.29 is 4.79 Å². The third kappa shape index (κ3) is 4.20. The lowest BCUT2D eigenvalue weighted by Gasteiger charge is -2.18. The molecular weight excluding hydrogens is 262 g/mol. The van der Waals surface area contributed by atoms with E-state index in [9.17, 15) is 4.79 Å². The van der Waals surface area contributed by atoms with E-state index >= 15 is 0 Å². The summed E-state index contributed by atoms with van der Waals surface area (Å²) in [6, 6.07) is 14.0. The van der Waals surface area contributed by atoms with Crippen molar-refractivity contribution >= 4 is 5.91 Å². The Balaban J connectivity index is 2.03. The van der Waals surface area contributed by atoms with Gasteiger partial charge in [-0.3, -0.25) is 4.79 Å². The lowest BCUT2D eigenvalue weighted by atomic mass is 10.2. The number of benzene rings is 1. The molecule has 2 aromatic rings. The molecule has 21 heavy (non-hydrogen) atoms. The second kappa shape index (κ2) is 7.64. The number of amides is 1. The number of rotatable bonds is 7. The summed E-state index contributed by atoms with van der Waals surface area (Å²) in [5.41, 5.74) is 1.94. The van der Waals surface area contributed by atoms with Crippen LogP contribution in [-0.2, 0) is 6.54 Å². The summed E-state index contributed by atoms with van der Waals surface area (Å²) in [4.78, 5) is 14.3. The lowest BCUT2D eigenvalue weighted by molar-refractivity contribution is 0.0783. The van der Waals surface area contributed by atoms with Crippen LogP contribution in [0, 0.1) is 0 Å². The van der Waals surface area contributed by atoms with Crippen LogP contribution < -0.4 is 5.32 Å². The minimum atomic E-state index is 0.0760. The number of carbonyl (C=O) groups is 1. The Kier molecular flexibility index (Phi) is 5.58. The molecule has 1 N–H and O–H groups in total. The molecule has 0 aliphatic heterocycles. The molecule has 2 rings (SSSR count). The summed E-state index contributed by atoms with van der Waals surface area (Å²) in [5.74, 6) is 0.0760. The minimum Gasteiger partial charge on any atom is -0.340 e. The van der Waals surface area contributed by atoms with Gasteiger partial charge in [-0.1, -0.05) is 30.3 Å². The second-order valence-electron chi connectivity index (χ2n) is 5.19. The maximum Gasteiger partial charge on any atom is 0.270 e. The molecular formula is C17H23N3O. The van der Waals surface area contributed by atoms with E-state index in [1.54, 1.807) is 4.90 Å². The molecule has 1 amide bonds. The molecule has 0 saturated carbocycles. The van der Waals surface area contributed by atoms with E-state index in [1.165, 1.54) is 5.56 Å². The van der Waals surface area contributed by atoms with Gasteiger partial charge in [0.1, 0.15) is 5.69 Å². The summed E-state index contributed by atoms with van der Waals surface area (Å²) in [5, 5.41) is 3.10. The average molecular weight is 285 g/mol. The molecule has 0 aliphatic rings. The Morgan fingerprint density at radius 1 is 1.19 bits per heavy atom. The van der Waals surface area contributed by atoms with Crippen LogP contribution >= 0.6 is 0 Å². The van der Waals surface area contributed by atoms with Crippen molar-refractivity contribution in [3.05, 3.63) is 59.9 Å². The third-order valence-electron chi connectivity index (χ3n) is 3.51. The van der Waals surface area contributed by atoms with E-state index < -0.39 is 0 Å². The van der Waals surface area contributed by atoms with Gasteiger partial charge in [0.2, 0.25) is 0 Å². The number of nitrogens with zero attached hydrogens (tertiary/aromatic N) is 2. The molecule has 0 fully saturated rings. The zero-order valence-corrected chi connectivity index (χ0v) is 12.7. The quantitative estimate of drug-likeness (QED) is 0.792. The third-order valence-corrected chi connectivity index (χ3v) is 3.51. The van der Waals surface area contributed by atoms with Gasteiger partial charge in [-0.2, -0.15) is 0 Å². The fourth-order valence-corrected chi connectivity index (χ4v) is 2.32. The van der Waals surface area contributed by atoms with E-state index in [1.807, 2.05) is 55.2 Å². The van der Waals surface area contributed by atoms with Crippen LogP contribution in [0.2, 0.25) is 0 Å². The van der Waals surface area contributed by atoms with Crippen molar-refractivity contribution in [2.75, 3.05) is 27.2 Å². The topological polar surface area (TPSA) is 37.3 Å². The molecule has 0 unspecified atom stereocenters. The maximum absolute atomic E-state index is 12.5. The largest absolute Gasteiger partial charge is 0.340 e. The monoisotopic (exact) mass is 285 g/mol. The first-order valence-corrected chi connectivity index (χ1v) is 7.31. The summed E-state index contributed by atoms with van der Waals surface area (Å²) in [6.07, 6.45) is 2.92. The highest BCUT2D eigenvalue weighted by molar-refractivity contribution is 5.92. The highest BCUT2D eigenvalue weighted by Crippen LogP contribution is 2.10. The first-order valence-electron chi connectivity index (χ1n) is 7.31. The Morgan fingerprint density at radius 2 is 1.95 bits per heavy atom. The van der Waals surface area contributed by atoms with Crippen molar-refractivity contribution in [3.63, 3.8) is 0 Å². The Morgan fingerprint density at radius 3 is 2.67 bits per heavy atom. The van der Waals surface area contributed by atoms with Gasteiger partial charge in [0, 0.05) is 26.3 Å². The molecule has 0 radical (unpaired) electrons. The van der Waals surface area contributed by atoms with Gasteiger partial charge in [-0.25, -0.2) is 0 Å². The van der Waals surface area contributed by atoms with Gasteiger partial charge >= 0.3 is 0 Å². The highest BCUT2D eigenvalue weighted by Gasteiger charge is 2.15. The molecule has 1 aromatic carbocycles. The second-order valence-corrected chi connectivity index (χ2v) is 5.19. The molecule has 1 aromatic heterocycles. The number of hydrogen-bond donors (Lipinski definition) is 1. The van der Waals surface area contributed by atoms with Crippen molar-refractivity contribution in [3.8, 4) is 0 Å². The normalized spacial score (nSPS) is 10.6. The zero-order chi connectivity index (χ0) is 15.1. The van der Waals surface area contributed by atoms with Crippen LogP contribution in [0.1, 0.15) is 22.5 Å². The highest BCUT2D eigenvalue weighted by atomic mass is 16.2. The van der Waals surface area contributed by atoms with Crippen molar-refractivity contribution in [1.29, 1.82) is 0 Å². The van der Waals surface area contributed by atoms with Crippen molar-refractivity contribution in [2.24, 2.45) is 0 Å². The molecule has 4 nitrogen and oxygen atoms in total. The SMILES string of the molecule is CNCCCN(C)C(=O)c1cccn1Cc1ccccc1. The fraction of sp³-hybridized carbons (Fsp3) is 0.353. The van der Waals surface area contributed by atoms with Crippen LogP contribution in [0.3, 0.4) is 0 Å². The molecule has 0 spiro atoms. The van der Waals surface area contributed by atoms with Gasteiger partial charge < -0.3 is 14.8 Å². The smallest absolute Gasteiger partial charge is 0.270 e.